The first kappa shape index (κ1) is 17.2. The van der Waals surface area contributed by atoms with Gasteiger partial charge in [-0.2, -0.15) is 5.10 Å². The molecule has 0 fully saturated rings. The van der Waals surface area contributed by atoms with Crippen LogP contribution in [0.1, 0.15) is 16.7 Å². The molecule has 6 heteroatoms. The average molecular weight is 325 g/mol. The number of aryl methyl sites for hydroxylation is 1. The Labute approximate surface area is 140 Å². The van der Waals surface area contributed by atoms with Crippen molar-refractivity contribution < 1.29 is 14.3 Å². The van der Waals surface area contributed by atoms with E-state index in [2.05, 4.69) is 15.8 Å². The summed E-state index contributed by atoms with van der Waals surface area (Å²) in [5, 5.41) is 6.36. The van der Waals surface area contributed by atoms with Crippen molar-refractivity contribution in [1.29, 1.82) is 0 Å². The highest BCUT2D eigenvalue weighted by Gasteiger charge is 2.14. The number of carbonyl (C=O) groups excluding carboxylic acids is 2. The normalized spacial score (nSPS) is 10.5. The average Bonchev–Trinajstić information content (AvgIpc) is 2.59. The van der Waals surface area contributed by atoms with Gasteiger partial charge in [-0.05, 0) is 43.2 Å². The molecule has 2 N–H and O–H groups in total. The van der Waals surface area contributed by atoms with E-state index in [0.29, 0.717) is 17.0 Å². The van der Waals surface area contributed by atoms with Gasteiger partial charge < -0.3 is 10.1 Å². The number of carbonyl (C=O) groups is 2. The van der Waals surface area contributed by atoms with E-state index in [4.69, 9.17) is 4.74 Å². The van der Waals surface area contributed by atoms with E-state index in [1.54, 1.807) is 25.3 Å². The lowest BCUT2D eigenvalue weighted by Crippen LogP contribution is -2.32. The molecule has 24 heavy (non-hydrogen) atoms. The summed E-state index contributed by atoms with van der Waals surface area (Å²) in [4.78, 5) is 23.7. The van der Waals surface area contributed by atoms with Crippen LogP contribution in [0.4, 0.5) is 5.69 Å². The van der Waals surface area contributed by atoms with Crippen molar-refractivity contribution in [2.45, 2.75) is 13.8 Å². The Balaban J connectivity index is 1.98. The second-order valence-corrected chi connectivity index (χ2v) is 5.14. The molecule has 0 aliphatic carbocycles. The lowest BCUT2D eigenvalue weighted by molar-refractivity contribution is -0.136. The second-order valence-electron chi connectivity index (χ2n) is 5.14. The monoisotopic (exact) mass is 325 g/mol. The van der Waals surface area contributed by atoms with Crippen molar-refractivity contribution in [2.24, 2.45) is 5.10 Å². The summed E-state index contributed by atoms with van der Waals surface area (Å²) >= 11 is 0. The molecular weight excluding hydrogens is 306 g/mol. The van der Waals surface area contributed by atoms with Crippen molar-refractivity contribution in [3.8, 4) is 5.75 Å². The zero-order valence-electron chi connectivity index (χ0n) is 13.8. The number of rotatable bonds is 4. The van der Waals surface area contributed by atoms with Crippen molar-refractivity contribution >= 4 is 23.7 Å². The quantitative estimate of drug-likeness (QED) is 0.515. The number of nitrogens with zero attached hydrogens (tertiary/aromatic N) is 1. The molecule has 2 aromatic rings. The summed E-state index contributed by atoms with van der Waals surface area (Å²) < 4.78 is 5.17. The molecule has 0 aliphatic heterocycles. The lowest BCUT2D eigenvalue weighted by atomic mass is 10.1. The zero-order chi connectivity index (χ0) is 17.5. The topological polar surface area (TPSA) is 79.8 Å². The van der Waals surface area contributed by atoms with Crippen molar-refractivity contribution in [3.63, 3.8) is 0 Å². The molecule has 0 spiro atoms. The third-order valence-corrected chi connectivity index (χ3v) is 3.57. The molecule has 2 aromatic carbocycles. The fourth-order valence-electron chi connectivity index (χ4n) is 2.05. The van der Waals surface area contributed by atoms with E-state index < -0.39 is 11.8 Å². The van der Waals surface area contributed by atoms with Crippen LogP contribution in [0.15, 0.2) is 47.6 Å². The van der Waals surface area contributed by atoms with Crippen LogP contribution in [-0.4, -0.2) is 25.1 Å². The smallest absolute Gasteiger partial charge is 0.329 e. The predicted octanol–water partition coefficient (Wildman–Crippen LogP) is 2.40. The zero-order valence-corrected chi connectivity index (χ0v) is 13.8. The number of nitrogens with one attached hydrogen (secondary N) is 2. The van der Waals surface area contributed by atoms with Crippen LogP contribution >= 0.6 is 0 Å². The minimum atomic E-state index is -0.845. The highest BCUT2D eigenvalue weighted by Crippen LogP contribution is 2.17. The number of amides is 2. The van der Waals surface area contributed by atoms with E-state index >= 15 is 0 Å². The minimum Gasteiger partial charge on any atom is -0.496 e. The van der Waals surface area contributed by atoms with Gasteiger partial charge in [0.25, 0.3) is 0 Å². The van der Waals surface area contributed by atoms with Crippen LogP contribution in [0, 0.1) is 13.8 Å². The first-order valence-electron chi connectivity index (χ1n) is 7.36. The summed E-state index contributed by atoms with van der Waals surface area (Å²) in [6.45, 7) is 3.81. The minimum absolute atomic E-state index is 0.601. The van der Waals surface area contributed by atoms with Gasteiger partial charge >= 0.3 is 11.8 Å². The summed E-state index contributed by atoms with van der Waals surface area (Å²) in [6.07, 6.45) is 1.42. The van der Waals surface area contributed by atoms with Gasteiger partial charge in [-0.1, -0.05) is 24.3 Å². The molecule has 124 valence electrons. The Morgan fingerprint density at radius 1 is 1.04 bits per heavy atom. The molecular formula is C18H19N3O3. The first-order chi connectivity index (χ1) is 11.5. The Hall–Kier alpha value is -3.15. The second kappa shape index (κ2) is 7.92. The van der Waals surface area contributed by atoms with Crippen LogP contribution in [0.25, 0.3) is 0 Å². The number of anilines is 1. The Bertz CT molecular complexity index is 785. The highest BCUT2D eigenvalue weighted by atomic mass is 16.5. The van der Waals surface area contributed by atoms with E-state index in [0.717, 1.165) is 11.1 Å². The van der Waals surface area contributed by atoms with Gasteiger partial charge in [0.05, 0.1) is 13.3 Å². The molecule has 0 aliphatic rings. The maximum atomic E-state index is 11.9. The molecule has 0 atom stereocenters. The van der Waals surface area contributed by atoms with Crippen molar-refractivity contribution in [1.82, 2.24) is 5.43 Å². The van der Waals surface area contributed by atoms with Gasteiger partial charge in [0.1, 0.15) is 5.75 Å². The number of methoxy groups -OCH3 is 1. The molecule has 0 saturated carbocycles. The number of benzene rings is 2. The van der Waals surface area contributed by atoms with Gasteiger partial charge in [0.2, 0.25) is 0 Å². The van der Waals surface area contributed by atoms with Gasteiger partial charge in [0.15, 0.2) is 0 Å². The van der Waals surface area contributed by atoms with Crippen molar-refractivity contribution in [3.05, 3.63) is 59.2 Å². The predicted molar refractivity (Wildman–Crippen MR) is 93.3 cm³/mol. The summed E-state index contributed by atoms with van der Waals surface area (Å²) in [5.41, 5.74) is 5.43. The fourth-order valence-corrected chi connectivity index (χ4v) is 2.05. The van der Waals surface area contributed by atoms with Crippen LogP contribution in [0.2, 0.25) is 0 Å². The van der Waals surface area contributed by atoms with Crippen molar-refractivity contribution in [2.75, 3.05) is 12.4 Å². The van der Waals surface area contributed by atoms with E-state index in [-0.39, 0.29) is 0 Å². The number of hydrogen-bond acceptors (Lipinski definition) is 4. The maximum absolute atomic E-state index is 11.9. The third kappa shape index (κ3) is 4.19. The van der Waals surface area contributed by atoms with Gasteiger partial charge in [0, 0.05) is 11.3 Å². The highest BCUT2D eigenvalue weighted by molar-refractivity contribution is 6.39. The van der Waals surface area contributed by atoms with Gasteiger partial charge in [-0.3, -0.25) is 9.59 Å². The van der Waals surface area contributed by atoms with Crippen LogP contribution < -0.4 is 15.5 Å². The van der Waals surface area contributed by atoms with E-state index in [1.807, 2.05) is 38.1 Å². The first-order valence-corrected chi connectivity index (χ1v) is 7.36. The van der Waals surface area contributed by atoms with E-state index in [1.165, 1.54) is 6.21 Å². The Kier molecular flexibility index (Phi) is 5.68. The standard InChI is InChI=1S/C18H19N3O3/c1-12-7-6-9-15(13(12)2)20-17(22)18(23)21-19-11-14-8-4-5-10-16(14)24-3/h4-11H,1-3H3,(H,20,22)(H,21,23)/b19-11-. The lowest BCUT2D eigenvalue weighted by Gasteiger charge is -2.09. The molecule has 0 radical (unpaired) electrons. The third-order valence-electron chi connectivity index (χ3n) is 3.57. The maximum Gasteiger partial charge on any atom is 0.329 e. The number of hydrogen-bond donors (Lipinski definition) is 2. The van der Waals surface area contributed by atoms with E-state index in [9.17, 15) is 9.59 Å². The molecule has 2 rings (SSSR count). The molecule has 0 heterocycles. The molecule has 0 unspecified atom stereocenters. The van der Waals surface area contributed by atoms with Gasteiger partial charge in [-0.15, -0.1) is 0 Å². The Morgan fingerprint density at radius 2 is 1.79 bits per heavy atom. The van der Waals surface area contributed by atoms with Crippen LogP contribution in [0.5, 0.6) is 5.75 Å². The number of hydrazone groups is 1. The molecule has 0 bridgehead atoms. The largest absolute Gasteiger partial charge is 0.496 e. The fraction of sp³-hybridized carbons (Fsp3) is 0.167. The summed E-state index contributed by atoms with van der Waals surface area (Å²) in [5.74, 6) is -1.00. The number of para-hydroxylation sites is 1. The summed E-state index contributed by atoms with van der Waals surface area (Å²) in [6, 6.07) is 12.7. The Morgan fingerprint density at radius 3 is 2.54 bits per heavy atom. The van der Waals surface area contributed by atoms with Crippen LogP contribution in [-0.2, 0) is 9.59 Å². The molecule has 6 nitrogen and oxygen atoms in total. The number of ether oxygens (including phenoxy) is 1. The van der Waals surface area contributed by atoms with Crippen LogP contribution in [0.3, 0.4) is 0 Å². The SMILES string of the molecule is COc1ccccc1/C=N\NC(=O)C(=O)Nc1cccc(C)c1C. The molecule has 0 aromatic heterocycles. The molecule has 2 amide bonds. The summed E-state index contributed by atoms with van der Waals surface area (Å²) in [7, 11) is 1.54. The van der Waals surface area contributed by atoms with Gasteiger partial charge in [-0.25, -0.2) is 5.43 Å². The molecule has 0 saturated heterocycles.